The summed E-state index contributed by atoms with van der Waals surface area (Å²) in [5, 5.41) is 4.74. The van der Waals surface area contributed by atoms with Gasteiger partial charge in [-0.3, -0.25) is 14.5 Å². The SMILES string of the molecule is CC1c2nn(C)c(-c3cc(F)cc(F)c3)c2CCN1C(=O)c1ccc2ncc(C(F)(F)F)cc2c1. The van der Waals surface area contributed by atoms with Crippen LogP contribution in [-0.2, 0) is 19.6 Å². The maximum absolute atomic E-state index is 13.8. The van der Waals surface area contributed by atoms with Crippen LogP contribution in [0.1, 0.15) is 40.1 Å². The smallest absolute Gasteiger partial charge is 0.330 e. The number of halogens is 5. The van der Waals surface area contributed by atoms with Crippen molar-refractivity contribution in [1.82, 2.24) is 19.7 Å². The summed E-state index contributed by atoms with van der Waals surface area (Å²) in [5.74, 6) is -1.75. The molecule has 1 aliphatic rings. The number of benzene rings is 2. The molecule has 1 amide bonds. The number of alkyl halides is 3. The Hall–Kier alpha value is -3.82. The van der Waals surface area contributed by atoms with Crippen LogP contribution in [0.5, 0.6) is 0 Å². The fourth-order valence-corrected chi connectivity index (χ4v) is 4.66. The zero-order valence-corrected chi connectivity index (χ0v) is 18.7. The predicted molar refractivity (Wildman–Crippen MR) is 118 cm³/mol. The van der Waals surface area contributed by atoms with Crippen LogP contribution in [0.4, 0.5) is 22.0 Å². The fraction of sp³-hybridized carbons (Fsp3) is 0.240. The average Bonchev–Trinajstić information content (AvgIpc) is 3.13. The Bertz CT molecular complexity index is 1460. The monoisotopic (exact) mass is 486 g/mol. The summed E-state index contributed by atoms with van der Waals surface area (Å²) in [6.45, 7) is 2.10. The van der Waals surface area contributed by atoms with Crippen LogP contribution in [0, 0.1) is 11.6 Å². The molecular weight excluding hydrogens is 467 g/mol. The van der Waals surface area contributed by atoms with Gasteiger partial charge in [0.2, 0.25) is 0 Å². The minimum Gasteiger partial charge on any atom is -0.330 e. The second-order valence-electron chi connectivity index (χ2n) is 8.55. The van der Waals surface area contributed by atoms with Crippen LogP contribution in [0.3, 0.4) is 0 Å². The lowest BCUT2D eigenvalue weighted by Gasteiger charge is -2.33. The Morgan fingerprint density at radius 2 is 1.77 bits per heavy atom. The van der Waals surface area contributed by atoms with Crippen molar-refractivity contribution >= 4 is 16.8 Å². The molecule has 10 heteroatoms. The summed E-state index contributed by atoms with van der Waals surface area (Å²) in [6.07, 6.45) is -3.37. The highest BCUT2D eigenvalue weighted by molar-refractivity contribution is 5.98. The average molecular weight is 486 g/mol. The third-order valence-corrected chi connectivity index (χ3v) is 6.29. The first-order valence-electron chi connectivity index (χ1n) is 10.8. The van der Waals surface area contributed by atoms with Crippen LogP contribution in [0.25, 0.3) is 22.2 Å². The van der Waals surface area contributed by atoms with E-state index in [9.17, 15) is 26.7 Å². The topological polar surface area (TPSA) is 51.0 Å². The Balaban J connectivity index is 1.48. The first-order valence-corrected chi connectivity index (χ1v) is 10.8. The van der Waals surface area contributed by atoms with E-state index in [2.05, 4.69) is 10.1 Å². The van der Waals surface area contributed by atoms with Crippen molar-refractivity contribution in [3.8, 4) is 11.3 Å². The van der Waals surface area contributed by atoms with Gasteiger partial charge in [-0.05, 0) is 49.7 Å². The van der Waals surface area contributed by atoms with Crippen molar-refractivity contribution in [3.05, 3.63) is 82.7 Å². The maximum Gasteiger partial charge on any atom is 0.417 e. The number of hydrogen-bond donors (Lipinski definition) is 0. The second kappa shape index (κ2) is 8.14. The standard InChI is InChI=1S/C25H19F5N4O/c1-13-22-20(23(33(2)32-22)16-9-18(26)11-19(27)10-16)5-6-34(13)24(35)14-3-4-21-15(7-14)8-17(12-31-21)25(28,29)30/h3-4,7-13H,5-6H2,1-2H3. The van der Waals surface area contributed by atoms with Gasteiger partial charge in [0.05, 0.1) is 28.5 Å². The third kappa shape index (κ3) is 4.02. The molecule has 0 saturated heterocycles. The number of carbonyl (C=O) groups excluding carboxylic acids is 1. The highest BCUT2D eigenvalue weighted by atomic mass is 19.4. The lowest BCUT2D eigenvalue weighted by Crippen LogP contribution is -2.38. The molecule has 0 bridgehead atoms. The number of aromatic nitrogens is 3. The molecule has 0 aliphatic carbocycles. The Morgan fingerprint density at radius 1 is 1.06 bits per heavy atom. The molecule has 1 aliphatic heterocycles. The van der Waals surface area contributed by atoms with E-state index < -0.39 is 29.4 Å². The van der Waals surface area contributed by atoms with E-state index in [0.29, 0.717) is 35.4 Å². The van der Waals surface area contributed by atoms with Crippen molar-refractivity contribution in [1.29, 1.82) is 0 Å². The third-order valence-electron chi connectivity index (χ3n) is 6.29. The number of nitrogens with zero attached hydrogens (tertiary/aromatic N) is 4. The zero-order valence-electron chi connectivity index (χ0n) is 18.7. The molecule has 180 valence electrons. The van der Waals surface area contributed by atoms with E-state index in [-0.39, 0.29) is 16.9 Å². The molecule has 0 saturated carbocycles. The number of pyridine rings is 1. The molecule has 35 heavy (non-hydrogen) atoms. The number of aryl methyl sites for hydroxylation is 1. The summed E-state index contributed by atoms with van der Waals surface area (Å²) < 4.78 is 68.5. The molecule has 0 spiro atoms. The first kappa shape index (κ1) is 22.9. The number of amides is 1. The van der Waals surface area contributed by atoms with Crippen LogP contribution in [0.2, 0.25) is 0 Å². The summed E-state index contributed by atoms with van der Waals surface area (Å²) in [6, 6.07) is 8.24. The minimum absolute atomic E-state index is 0.212. The van der Waals surface area contributed by atoms with Gasteiger partial charge in [0.25, 0.3) is 5.91 Å². The van der Waals surface area contributed by atoms with Gasteiger partial charge in [-0.2, -0.15) is 18.3 Å². The van der Waals surface area contributed by atoms with Gasteiger partial charge in [0.1, 0.15) is 11.6 Å². The normalized spacial score (nSPS) is 16.0. The molecule has 0 N–H and O–H groups in total. The van der Waals surface area contributed by atoms with Gasteiger partial charge in [-0.1, -0.05) is 0 Å². The Labute approximate surface area is 196 Å². The van der Waals surface area contributed by atoms with Crippen LogP contribution < -0.4 is 0 Å². The number of fused-ring (bicyclic) bond motifs is 2. The predicted octanol–water partition coefficient (Wildman–Crippen LogP) is 5.69. The number of rotatable bonds is 2. The van der Waals surface area contributed by atoms with Gasteiger partial charge in [0, 0.05) is 47.9 Å². The van der Waals surface area contributed by atoms with Crippen molar-refractivity contribution < 1.29 is 26.7 Å². The largest absolute Gasteiger partial charge is 0.417 e. The number of hydrogen-bond acceptors (Lipinski definition) is 3. The molecule has 2 aromatic heterocycles. The molecule has 0 radical (unpaired) electrons. The summed E-state index contributed by atoms with van der Waals surface area (Å²) in [7, 11) is 1.67. The van der Waals surface area contributed by atoms with Crippen LogP contribution in [-0.4, -0.2) is 32.1 Å². The molecule has 1 atom stereocenters. The molecule has 1 unspecified atom stereocenters. The van der Waals surface area contributed by atoms with Gasteiger partial charge in [-0.15, -0.1) is 0 Å². The Kier molecular flexibility index (Phi) is 5.34. The van der Waals surface area contributed by atoms with E-state index >= 15 is 0 Å². The molecular formula is C25H19F5N4O. The van der Waals surface area contributed by atoms with Gasteiger partial charge >= 0.3 is 6.18 Å². The van der Waals surface area contributed by atoms with Crippen molar-refractivity contribution in [3.63, 3.8) is 0 Å². The van der Waals surface area contributed by atoms with Crippen LogP contribution in [0.15, 0.2) is 48.7 Å². The fourth-order valence-electron chi connectivity index (χ4n) is 4.66. The molecule has 5 rings (SSSR count). The molecule has 4 aromatic rings. The summed E-state index contributed by atoms with van der Waals surface area (Å²) in [4.78, 5) is 18.8. The molecule has 5 nitrogen and oxygen atoms in total. The van der Waals surface area contributed by atoms with E-state index in [4.69, 9.17) is 0 Å². The quantitative estimate of drug-likeness (QED) is 0.342. The van der Waals surface area contributed by atoms with Crippen molar-refractivity contribution in [2.45, 2.75) is 25.6 Å². The zero-order chi connectivity index (χ0) is 25.1. The maximum atomic E-state index is 13.8. The van der Waals surface area contributed by atoms with Gasteiger partial charge < -0.3 is 4.90 Å². The van der Waals surface area contributed by atoms with Crippen molar-refractivity contribution in [2.24, 2.45) is 7.05 Å². The summed E-state index contributed by atoms with van der Waals surface area (Å²) >= 11 is 0. The van der Waals surface area contributed by atoms with Gasteiger partial charge in [0.15, 0.2) is 0 Å². The van der Waals surface area contributed by atoms with E-state index in [1.165, 1.54) is 30.3 Å². The minimum atomic E-state index is -4.54. The van der Waals surface area contributed by atoms with Crippen molar-refractivity contribution in [2.75, 3.05) is 6.54 Å². The van der Waals surface area contributed by atoms with Gasteiger partial charge in [-0.25, -0.2) is 8.78 Å². The first-order chi connectivity index (χ1) is 16.5. The molecule has 2 aromatic carbocycles. The lowest BCUT2D eigenvalue weighted by atomic mass is 9.95. The Morgan fingerprint density at radius 3 is 2.46 bits per heavy atom. The highest BCUT2D eigenvalue weighted by Gasteiger charge is 2.34. The van der Waals surface area contributed by atoms with E-state index in [0.717, 1.165) is 23.9 Å². The molecule has 3 heterocycles. The van der Waals surface area contributed by atoms with E-state index in [1.807, 2.05) is 0 Å². The number of carbonyl (C=O) groups is 1. The lowest BCUT2D eigenvalue weighted by molar-refractivity contribution is -0.137. The van der Waals surface area contributed by atoms with Crippen LogP contribution >= 0.6 is 0 Å². The van der Waals surface area contributed by atoms with E-state index in [1.54, 1.807) is 23.6 Å². The summed E-state index contributed by atoms with van der Waals surface area (Å²) in [5.41, 5.74) is 2.03. The second-order valence-corrected chi connectivity index (χ2v) is 8.55. The highest BCUT2D eigenvalue weighted by Crippen LogP contribution is 2.37. The molecule has 0 fully saturated rings.